The Balaban J connectivity index is 0.000000229. The number of rotatable bonds is 23. The summed E-state index contributed by atoms with van der Waals surface area (Å²) in [5.74, 6) is 1.52. The number of amides is 2. The minimum atomic E-state index is -2.49. The summed E-state index contributed by atoms with van der Waals surface area (Å²) in [6, 6.07) is 73.5. The van der Waals surface area contributed by atoms with Gasteiger partial charge in [0.05, 0.1) is 20.8 Å². The van der Waals surface area contributed by atoms with Crippen molar-refractivity contribution >= 4 is 77.8 Å². The molecule has 0 aliphatic heterocycles. The predicted molar refractivity (Wildman–Crippen MR) is 355 cm³/mol. The van der Waals surface area contributed by atoms with E-state index in [1.807, 2.05) is 66.5 Å². The van der Waals surface area contributed by atoms with E-state index in [1.165, 1.54) is 51.2 Å². The summed E-state index contributed by atoms with van der Waals surface area (Å²) >= 11 is 0. The number of unbranched alkanes of at least 4 members (excludes halogenated alkanes) is 1. The largest absolute Gasteiger partial charge is 0.407 e. The Morgan fingerprint density at radius 1 is 0.458 bits per heavy atom. The number of hydrogen-bond donors (Lipinski definition) is 0. The van der Waals surface area contributed by atoms with Crippen molar-refractivity contribution in [3.8, 4) is 0 Å². The fraction of sp³-hybridized carbons (Fsp3) is 0.268. The zero-order valence-electron chi connectivity index (χ0n) is 50.4. The molecule has 0 spiro atoms. The Kier molecular flexibility index (Phi) is 27.1. The molecule has 0 saturated carbocycles. The Morgan fingerprint density at radius 2 is 0.783 bits per heavy atom. The molecule has 0 heterocycles. The smallest absolute Gasteiger partial charge is 0.270 e. The van der Waals surface area contributed by atoms with E-state index in [0.29, 0.717) is 19.8 Å². The van der Waals surface area contributed by atoms with E-state index < -0.39 is 23.5 Å². The molecule has 0 aliphatic carbocycles. The van der Waals surface area contributed by atoms with Crippen molar-refractivity contribution in [1.29, 1.82) is 0 Å². The molecule has 2 amide bonds. The van der Waals surface area contributed by atoms with Gasteiger partial charge < -0.3 is 13.7 Å². The zero-order chi connectivity index (χ0) is 60.0. The van der Waals surface area contributed by atoms with E-state index in [2.05, 4.69) is 228 Å². The molecular formula is C71H86N3O6PSi2. The first kappa shape index (κ1) is 66.6. The first-order valence-corrected chi connectivity index (χ1v) is 34.1. The third kappa shape index (κ3) is 18.1. The highest BCUT2D eigenvalue weighted by Crippen LogP contribution is 2.44. The molecule has 0 N–H and O–H groups in total. The van der Waals surface area contributed by atoms with Gasteiger partial charge in [0.2, 0.25) is 6.54 Å². The normalized spacial score (nSPS) is 12.0. The SMILES string of the molecule is CON(C)C(=O)/C=C/CC/C=C/CO[Si](c1ccccc1)(c1ccccc1)C(C)(C)C.CON(C)C(=O)C=P(c1ccccc1)(c1ccccc1)c1ccccc1.[C-]#[N+]CC/C=C/CCO[Si](c1ccccc1)(c1ccccc1)C(C)(C)C. The van der Waals surface area contributed by atoms with Gasteiger partial charge in [-0.05, 0) is 72.9 Å². The predicted octanol–water partition coefficient (Wildman–Crippen LogP) is 12.1. The highest BCUT2D eigenvalue weighted by molar-refractivity contribution is 7.95. The lowest BCUT2D eigenvalue weighted by atomic mass is 10.2. The molecule has 0 fully saturated rings. The van der Waals surface area contributed by atoms with Crippen LogP contribution in [0.15, 0.2) is 249 Å². The van der Waals surface area contributed by atoms with Crippen molar-refractivity contribution in [2.75, 3.05) is 48.1 Å². The molecule has 0 radical (unpaired) electrons. The number of allylic oxidation sites excluding steroid dienone is 2. The number of carbonyl (C=O) groups is 2. The third-order valence-corrected chi connectivity index (χ3v) is 28.3. The highest BCUT2D eigenvalue weighted by atomic mass is 31.2. The van der Waals surface area contributed by atoms with Crippen molar-refractivity contribution in [3.63, 3.8) is 0 Å². The second-order valence-corrected chi connectivity index (χ2v) is 33.6. The summed E-state index contributed by atoms with van der Waals surface area (Å²) in [5, 5.41) is 11.1. The van der Waals surface area contributed by atoms with Gasteiger partial charge in [0.1, 0.15) is 0 Å². The minimum absolute atomic E-state index is 0.0174. The molecule has 12 heteroatoms. The van der Waals surface area contributed by atoms with Crippen LogP contribution < -0.4 is 36.7 Å². The molecule has 9 nitrogen and oxygen atoms in total. The Labute approximate surface area is 498 Å². The van der Waals surface area contributed by atoms with Crippen molar-refractivity contribution < 1.29 is 28.1 Å². The molecule has 434 valence electrons. The Hall–Kier alpha value is -7.24. The molecule has 0 aromatic heterocycles. The topological polar surface area (TPSA) is 81.9 Å². The fourth-order valence-corrected chi connectivity index (χ4v) is 22.9. The molecule has 7 rings (SSSR count). The first-order valence-electron chi connectivity index (χ1n) is 28.4. The molecule has 0 unspecified atom stereocenters. The van der Waals surface area contributed by atoms with Crippen LogP contribution in [0, 0.1) is 6.57 Å². The van der Waals surface area contributed by atoms with Gasteiger partial charge in [-0.3, -0.25) is 19.3 Å². The van der Waals surface area contributed by atoms with Gasteiger partial charge in [-0.2, -0.15) is 0 Å². The number of likely N-dealkylation sites (N-methyl/N-ethyl adjacent to an activating group) is 1. The van der Waals surface area contributed by atoms with Crippen LogP contribution in [0.3, 0.4) is 0 Å². The average Bonchev–Trinajstić information content (AvgIpc) is 2.89. The number of hydrogen-bond acceptors (Lipinski definition) is 6. The van der Waals surface area contributed by atoms with Gasteiger partial charge in [-0.25, -0.2) is 16.7 Å². The molecule has 7 aromatic rings. The average molecular weight is 1160 g/mol. The molecule has 83 heavy (non-hydrogen) atoms. The molecule has 0 atom stereocenters. The van der Waals surface area contributed by atoms with Gasteiger partial charge in [0.15, 0.2) is 0 Å². The van der Waals surface area contributed by atoms with Crippen LogP contribution in [0.4, 0.5) is 0 Å². The lowest BCUT2D eigenvalue weighted by molar-refractivity contribution is -0.162. The lowest BCUT2D eigenvalue weighted by Gasteiger charge is -2.43. The second kappa shape index (κ2) is 33.8. The van der Waals surface area contributed by atoms with Crippen LogP contribution in [0.2, 0.25) is 10.1 Å². The number of benzene rings is 7. The third-order valence-electron chi connectivity index (χ3n) is 14.3. The van der Waals surface area contributed by atoms with Crippen LogP contribution in [0.5, 0.6) is 0 Å². The quantitative estimate of drug-likeness (QED) is 0.0121. The van der Waals surface area contributed by atoms with Gasteiger partial charge in [-0.15, -0.1) is 0 Å². The van der Waals surface area contributed by atoms with E-state index in [4.69, 9.17) is 25.1 Å². The van der Waals surface area contributed by atoms with Crippen LogP contribution in [-0.2, 0) is 28.1 Å². The van der Waals surface area contributed by atoms with Crippen molar-refractivity contribution in [2.24, 2.45) is 0 Å². The standard InChI is InChI=1S/C26H35NO3Si.C23H29NOSi.C22H22NO2P/c1-26(2,3)31(23-17-11-9-12-18-23,24-19-13-10-14-20-24)30-22-16-8-6-7-15-21-25(28)27(4)29-5;1-23(2,3)26(21-15-9-7-10-16-21,22-17-11-8-12-18-22)25-20-14-6-5-13-19-24-4;1-23(25-2)22(24)18-26(19-12-6-3-7-13-19,20-14-8-4-9-15-20)21-16-10-5-11-17-21/h8-21H,6-7,22H2,1-5H3;5-12,15-18H,13-14,19-20H2,1-3H3;3-18H,1-2H3/b16-8+,21-15+;6-5+;. The molecule has 0 saturated heterocycles. The number of carbonyl (C=O) groups excluding carboxylic acids is 2. The first-order chi connectivity index (χ1) is 40.0. The summed E-state index contributed by atoms with van der Waals surface area (Å²) < 4.78 is 13.6. The molecule has 0 aliphatic rings. The van der Waals surface area contributed by atoms with Crippen molar-refractivity contribution in [2.45, 2.75) is 77.3 Å². The highest BCUT2D eigenvalue weighted by Gasteiger charge is 2.51. The van der Waals surface area contributed by atoms with E-state index in [9.17, 15) is 9.59 Å². The molecular weight excluding hydrogens is 1080 g/mol. The van der Waals surface area contributed by atoms with E-state index in [0.717, 1.165) is 41.6 Å². The monoisotopic (exact) mass is 1160 g/mol. The number of hydroxylamine groups is 4. The van der Waals surface area contributed by atoms with Gasteiger partial charge in [0, 0.05) is 39.0 Å². The van der Waals surface area contributed by atoms with E-state index in [-0.39, 0.29) is 21.9 Å². The van der Waals surface area contributed by atoms with Gasteiger partial charge in [0.25, 0.3) is 28.4 Å². The van der Waals surface area contributed by atoms with Crippen LogP contribution in [0.1, 0.15) is 67.2 Å². The van der Waals surface area contributed by atoms with Crippen LogP contribution in [-0.4, -0.2) is 92.4 Å². The second-order valence-electron chi connectivity index (χ2n) is 21.8. The molecule has 0 bridgehead atoms. The van der Waals surface area contributed by atoms with Gasteiger partial charge in [-0.1, -0.05) is 284 Å². The fourth-order valence-electron chi connectivity index (χ4n) is 10.1. The number of nitrogens with zero attached hydrogens (tertiary/aromatic N) is 3. The van der Waals surface area contributed by atoms with Crippen LogP contribution in [0.25, 0.3) is 4.85 Å². The zero-order valence-corrected chi connectivity index (χ0v) is 53.3. The summed E-state index contributed by atoms with van der Waals surface area (Å²) in [5.41, 5.74) is 0. The summed E-state index contributed by atoms with van der Waals surface area (Å²) in [4.78, 5) is 37.9. The lowest BCUT2D eigenvalue weighted by Crippen LogP contribution is -2.66. The summed E-state index contributed by atoms with van der Waals surface area (Å²) in [6.07, 6.45) is 15.2. The minimum Gasteiger partial charge on any atom is -0.407 e. The van der Waals surface area contributed by atoms with Gasteiger partial charge >= 0.3 is 0 Å². The van der Waals surface area contributed by atoms with E-state index >= 15 is 0 Å². The van der Waals surface area contributed by atoms with Crippen LogP contribution >= 0.6 is 6.89 Å². The van der Waals surface area contributed by atoms with Crippen molar-refractivity contribution in [3.05, 3.63) is 260 Å². The van der Waals surface area contributed by atoms with Crippen molar-refractivity contribution in [1.82, 2.24) is 10.1 Å². The Bertz CT molecular complexity index is 3000. The maximum atomic E-state index is 12.9. The maximum Gasteiger partial charge on any atom is 0.270 e. The Morgan fingerprint density at radius 3 is 1.14 bits per heavy atom. The summed E-state index contributed by atoms with van der Waals surface area (Å²) in [6.45, 7) is 20.1. The van der Waals surface area contributed by atoms with E-state index in [1.54, 1.807) is 14.1 Å². The maximum absolute atomic E-state index is 12.9. The molecule has 7 aromatic carbocycles. The summed E-state index contributed by atoms with van der Waals surface area (Å²) in [7, 11) is 1.30.